The lowest BCUT2D eigenvalue weighted by atomic mass is 10.2. The number of aryl methyl sites for hydroxylation is 1. The molecular weight excluding hydrogens is 356 g/mol. The topological polar surface area (TPSA) is 78.9 Å². The summed E-state index contributed by atoms with van der Waals surface area (Å²) in [5.74, 6) is -0.102. The highest BCUT2D eigenvalue weighted by Crippen LogP contribution is 2.15. The van der Waals surface area contributed by atoms with Gasteiger partial charge in [0, 0.05) is 11.6 Å². The fraction of sp³-hybridized carbons (Fsp3) is 0.333. The summed E-state index contributed by atoms with van der Waals surface area (Å²) in [6.07, 6.45) is 2.14. The summed E-state index contributed by atoms with van der Waals surface area (Å²) in [6, 6.07) is 7.07. The molecule has 0 atom stereocenters. The van der Waals surface area contributed by atoms with E-state index in [4.69, 9.17) is 11.6 Å². The summed E-state index contributed by atoms with van der Waals surface area (Å²) in [6.45, 7) is 3.89. The third kappa shape index (κ3) is 3.22. The first kappa shape index (κ1) is 18.1. The Hall–Kier alpha value is -2.67. The van der Waals surface area contributed by atoms with Crippen molar-refractivity contribution in [1.29, 1.82) is 0 Å². The predicted molar refractivity (Wildman–Crippen MR) is 99.8 cm³/mol. The number of rotatable bonds is 6. The molecule has 0 unspecified atom stereocenters. The smallest absolute Gasteiger partial charge is 0.317 e. The SMILES string of the molecule is CCCn1c(=O)n(Cc2ccccc2Cl)c(=O)c2c1ncn2CC(C)=O. The monoisotopic (exact) mass is 374 g/mol. The number of imidazole rings is 1. The lowest BCUT2D eigenvalue weighted by Gasteiger charge is -2.12. The van der Waals surface area contributed by atoms with E-state index < -0.39 is 11.2 Å². The van der Waals surface area contributed by atoms with Crippen LogP contribution in [-0.2, 0) is 24.4 Å². The van der Waals surface area contributed by atoms with Crippen molar-refractivity contribution in [2.45, 2.75) is 39.9 Å². The Morgan fingerprint density at radius 3 is 2.58 bits per heavy atom. The Morgan fingerprint density at radius 2 is 1.92 bits per heavy atom. The number of carbonyl (C=O) groups excluding carboxylic acids is 1. The van der Waals surface area contributed by atoms with Crippen LogP contribution in [0.5, 0.6) is 0 Å². The quantitative estimate of drug-likeness (QED) is 0.661. The van der Waals surface area contributed by atoms with Crippen molar-refractivity contribution in [3.63, 3.8) is 0 Å². The van der Waals surface area contributed by atoms with E-state index in [0.717, 1.165) is 4.57 Å². The molecule has 0 amide bonds. The molecule has 8 heteroatoms. The van der Waals surface area contributed by atoms with Crippen molar-refractivity contribution >= 4 is 28.5 Å². The maximum Gasteiger partial charge on any atom is 0.333 e. The van der Waals surface area contributed by atoms with E-state index >= 15 is 0 Å². The molecule has 0 aliphatic heterocycles. The Labute approximate surface area is 154 Å². The van der Waals surface area contributed by atoms with Crippen LogP contribution in [0.1, 0.15) is 25.8 Å². The summed E-state index contributed by atoms with van der Waals surface area (Å²) >= 11 is 6.19. The molecular formula is C18H19ClN4O3. The number of fused-ring (bicyclic) bond motifs is 1. The number of hydrogen-bond acceptors (Lipinski definition) is 4. The number of ketones is 1. The van der Waals surface area contributed by atoms with Gasteiger partial charge in [0.15, 0.2) is 11.2 Å². The Kier molecular flexibility index (Phi) is 5.08. The Bertz CT molecular complexity index is 1090. The molecule has 7 nitrogen and oxygen atoms in total. The molecule has 0 saturated carbocycles. The maximum absolute atomic E-state index is 13.0. The van der Waals surface area contributed by atoms with Crippen LogP contribution in [0.3, 0.4) is 0 Å². The average molecular weight is 375 g/mol. The largest absolute Gasteiger partial charge is 0.333 e. The first-order valence-corrected chi connectivity index (χ1v) is 8.73. The molecule has 0 saturated heterocycles. The summed E-state index contributed by atoms with van der Waals surface area (Å²) < 4.78 is 4.12. The molecule has 0 bridgehead atoms. The fourth-order valence-corrected chi connectivity index (χ4v) is 3.16. The van der Waals surface area contributed by atoms with E-state index in [1.54, 1.807) is 24.3 Å². The first-order valence-electron chi connectivity index (χ1n) is 8.35. The van der Waals surface area contributed by atoms with Crippen LogP contribution < -0.4 is 11.2 Å². The summed E-state index contributed by atoms with van der Waals surface area (Å²) in [5.41, 5.74) is 0.320. The minimum Gasteiger partial charge on any atom is -0.317 e. The minimum absolute atomic E-state index is 0.0299. The van der Waals surface area contributed by atoms with Gasteiger partial charge in [0.25, 0.3) is 5.56 Å². The van der Waals surface area contributed by atoms with E-state index in [1.807, 2.05) is 6.92 Å². The highest BCUT2D eigenvalue weighted by atomic mass is 35.5. The molecule has 1 aromatic carbocycles. The van der Waals surface area contributed by atoms with Crippen LogP contribution in [0.4, 0.5) is 0 Å². The van der Waals surface area contributed by atoms with Gasteiger partial charge in [-0.25, -0.2) is 9.78 Å². The maximum atomic E-state index is 13.0. The second kappa shape index (κ2) is 7.29. The number of Topliss-reactive ketones (excluding diaryl/α,β-unsaturated/α-hetero) is 1. The summed E-state index contributed by atoms with van der Waals surface area (Å²) in [4.78, 5) is 41.7. The highest BCUT2D eigenvalue weighted by molar-refractivity contribution is 6.31. The van der Waals surface area contributed by atoms with Crippen LogP contribution in [0.25, 0.3) is 11.2 Å². The molecule has 26 heavy (non-hydrogen) atoms. The van der Waals surface area contributed by atoms with Gasteiger partial charge < -0.3 is 4.57 Å². The number of benzene rings is 1. The van der Waals surface area contributed by atoms with Crippen molar-refractivity contribution in [2.75, 3.05) is 0 Å². The van der Waals surface area contributed by atoms with E-state index in [0.29, 0.717) is 29.2 Å². The van der Waals surface area contributed by atoms with Gasteiger partial charge in [0.05, 0.1) is 19.4 Å². The normalized spacial score (nSPS) is 11.2. The van der Waals surface area contributed by atoms with Crippen LogP contribution in [0.15, 0.2) is 40.2 Å². The van der Waals surface area contributed by atoms with Crippen LogP contribution in [-0.4, -0.2) is 24.5 Å². The Morgan fingerprint density at radius 1 is 1.19 bits per heavy atom. The van der Waals surface area contributed by atoms with E-state index in [-0.39, 0.29) is 24.4 Å². The van der Waals surface area contributed by atoms with Gasteiger partial charge in [-0.15, -0.1) is 0 Å². The highest BCUT2D eigenvalue weighted by Gasteiger charge is 2.19. The number of carbonyl (C=O) groups is 1. The Balaban J connectivity index is 2.28. The van der Waals surface area contributed by atoms with Gasteiger partial charge >= 0.3 is 5.69 Å². The molecule has 0 N–H and O–H groups in total. The molecule has 3 rings (SSSR count). The van der Waals surface area contributed by atoms with Crippen molar-refractivity contribution in [1.82, 2.24) is 18.7 Å². The van der Waals surface area contributed by atoms with Crippen molar-refractivity contribution < 1.29 is 4.79 Å². The second-order valence-corrected chi connectivity index (χ2v) is 6.57. The zero-order valence-corrected chi connectivity index (χ0v) is 15.4. The van der Waals surface area contributed by atoms with Gasteiger partial charge in [-0.3, -0.25) is 18.7 Å². The molecule has 0 fully saturated rings. The van der Waals surface area contributed by atoms with Crippen molar-refractivity contribution in [2.24, 2.45) is 0 Å². The standard InChI is InChI=1S/C18H19ClN4O3/c1-3-8-22-16-15(21(11-20-16)9-12(2)24)17(25)23(18(22)26)10-13-6-4-5-7-14(13)19/h4-7,11H,3,8-10H2,1-2H3. The van der Waals surface area contributed by atoms with Gasteiger partial charge in [-0.2, -0.15) is 0 Å². The molecule has 0 spiro atoms. The second-order valence-electron chi connectivity index (χ2n) is 6.16. The number of halogens is 1. The van der Waals surface area contributed by atoms with Crippen LogP contribution >= 0.6 is 11.6 Å². The van der Waals surface area contributed by atoms with E-state index in [2.05, 4.69) is 4.98 Å². The van der Waals surface area contributed by atoms with Crippen LogP contribution in [0.2, 0.25) is 5.02 Å². The van der Waals surface area contributed by atoms with Gasteiger partial charge in [0.2, 0.25) is 0 Å². The lowest BCUT2D eigenvalue weighted by molar-refractivity contribution is -0.117. The van der Waals surface area contributed by atoms with Gasteiger partial charge in [-0.05, 0) is 25.0 Å². The summed E-state index contributed by atoms with van der Waals surface area (Å²) in [7, 11) is 0. The molecule has 2 heterocycles. The molecule has 0 aliphatic rings. The van der Waals surface area contributed by atoms with E-state index in [9.17, 15) is 14.4 Å². The molecule has 3 aromatic rings. The van der Waals surface area contributed by atoms with Crippen LogP contribution in [0, 0.1) is 0 Å². The minimum atomic E-state index is -0.476. The lowest BCUT2D eigenvalue weighted by Crippen LogP contribution is -2.41. The average Bonchev–Trinajstić information content (AvgIpc) is 3.00. The van der Waals surface area contributed by atoms with E-state index in [1.165, 1.54) is 22.4 Å². The van der Waals surface area contributed by atoms with Crippen molar-refractivity contribution in [3.05, 3.63) is 62.0 Å². The van der Waals surface area contributed by atoms with Gasteiger partial charge in [-0.1, -0.05) is 36.7 Å². The zero-order chi connectivity index (χ0) is 18.8. The zero-order valence-electron chi connectivity index (χ0n) is 14.6. The number of hydrogen-bond donors (Lipinski definition) is 0. The molecule has 0 aliphatic carbocycles. The number of aromatic nitrogens is 4. The fourth-order valence-electron chi connectivity index (χ4n) is 2.96. The summed E-state index contributed by atoms with van der Waals surface area (Å²) in [5, 5.41) is 0.484. The van der Waals surface area contributed by atoms with Crippen molar-refractivity contribution in [3.8, 4) is 0 Å². The molecule has 2 aromatic heterocycles. The molecule has 0 radical (unpaired) electrons. The third-order valence-corrected chi connectivity index (χ3v) is 4.48. The number of nitrogens with zero attached hydrogens (tertiary/aromatic N) is 4. The first-order chi connectivity index (χ1) is 12.4. The predicted octanol–water partition coefficient (Wildman–Crippen LogP) is 2.06. The third-order valence-electron chi connectivity index (χ3n) is 4.11. The van der Waals surface area contributed by atoms with Gasteiger partial charge in [0.1, 0.15) is 5.78 Å². The molecule has 136 valence electrons.